The Kier molecular flexibility index (Phi) is 2.97. The molecular formula is C12H13N6O2+. The van der Waals surface area contributed by atoms with Gasteiger partial charge in [-0.3, -0.25) is 10.1 Å². The number of nitro groups is 1. The second-order valence-corrected chi connectivity index (χ2v) is 4.63. The molecule has 0 bridgehead atoms. The normalized spacial score (nSPS) is 20.6. The lowest BCUT2D eigenvalue weighted by molar-refractivity contribution is -0.679. The third kappa shape index (κ3) is 2.04. The highest BCUT2D eigenvalue weighted by Gasteiger charge is 2.38. The fraction of sp³-hybridized carbons (Fsp3) is 0.333. The van der Waals surface area contributed by atoms with Gasteiger partial charge in [-0.15, -0.1) is 0 Å². The van der Waals surface area contributed by atoms with Crippen LogP contribution in [0.1, 0.15) is 11.7 Å². The highest BCUT2D eigenvalue weighted by atomic mass is 16.6. The molecule has 0 amide bonds. The van der Waals surface area contributed by atoms with Gasteiger partial charge in [0, 0.05) is 17.1 Å². The van der Waals surface area contributed by atoms with Crippen LogP contribution in [0.15, 0.2) is 35.7 Å². The van der Waals surface area contributed by atoms with Crippen LogP contribution in [-0.2, 0) is 13.5 Å². The van der Waals surface area contributed by atoms with Gasteiger partial charge in [0.1, 0.15) is 19.4 Å². The van der Waals surface area contributed by atoms with Crippen LogP contribution in [0, 0.1) is 10.1 Å². The summed E-state index contributed by atoms with van der Waals surface area (Å²) in [4.78, 5) is 18.9. The molecule has 0 fully saturated rings. The molecule has 3 rings (SSSR count). The maximum atomic E-state index is 11.2. The molecule has 8 nitrogen and oxygen atoms in total. The van der Waals surface area contributed by atoms with E-state index in [1.165, 1.54) is 17.2 Å². The van der Waals surface area contributed by atoms with E-state index in [9.17, 15) is 10.1 Å². The molecule has 8 heteroatoms. The van der Waals surface area contributed by atoms with E-state index in [-0.39, 0.29) is 4.92 Å². The summed E-state index contributed by atoms with van der Waals surface area (Å²) < 4.78 is 3.47. The number of nitrogens with zero attached hydrogens (tertiary/aromatic N) is 6. The summed E-state index contributed by atoms with van der Waals surface area (Å²) in [5.74, 6) is 0.409. The number of aliphatic imine (C=N–C) groups is 1. The van der Waals surface area contributed by atoms with Crippen LogP contribution in [0.5, 0.6) is 0 Å². The summed E-state index contributed by atoms with van der Waals surface area (Å²) in [5, 5.41) is 15.3. The van der Waals surface area contributed by atoms with Gasteiger partial charge in [0.05, 0.1) is 12.6 Å². The minimum atomic E-state index is -0.899. The minimum Gasteiger partial charge on any atom is -0.264 e. The van der Waals surface area contributed by atoms with Crippen molar-refractivity contribution < 1.29 is 9.49 Å². The van der Waals surface area contributed by atoms with E-state index in [0.29, 0.717) is 12.4 Å². The predicted molar refractivity (Wildman–Crippen MR) is 69.3 cm³/mol. The first-order chi connectivity index (χ1) is 9.66. The van der Waals surface area contributed by atoms with Crippen molar-refractivity contribution in [1.82, 2.24) is 14.8 Å². The largest absolute Gasteiger partial charge is 0.270 e. The van der Waals surface area contributed by atoms with Crippen molar-refractivity contribution in [3.05, 3.63) is 46.5 Å². The van der Waals surface area contributed by atoms with E-state index in [0.717, 1.165) is 5.69 Å². The molecule has 3 heterocycles. The second kappa shape index (κ2) is 4.80. The Hall–Kier alpha value is -2.64. The van der Waals surface area contributed by atoms with E-state index in [1.807, 2.05) is 36.0 Å². The summed E-state index contributed by atoms with van der Waals surface area (Å²) in [7, 11) is 1.91. The molecule has 0 aliphatic carbocycles. The molecule has 102 valence electrons. The molecule has 1 aliphatic rings. The Bertz CT molecular complexity index is 680. The van der Waals surface area contributed by atoms with Crippen LogP contribution in [0.25, 0.3) is 0 Å². The standard InChI is InChI=1S/C12H13N6O2/c1-16-5-3-2-4-9(16)6-10-11(18(19)20)7-13-12-14-8-15-17(10)12/h2-5,7-8,10-11H,6H2,1H3/q+1. The zero-order chi connectivity index (χ0) is 14.1. The number of pyridine rings is 1. The number of hydrogen-bond donors (Lipinski definition) is 0. The molecule has 2 unspecified atom stereocenters. The molecule has 2 aromatic heterocycles. The first kappa shape index (κ1) is 12.4. The average Bonchev–Trinajstić information content (AvgIpc) is 2.90. The van der Waals surface area contributed by atoms with Crippen LogP contribution in [0.3, 0.4) is 0 Å². The van der Waals surface area contributed by atoms with Crippen LogP contribution >= 0.6 is 0 Å². The monoisotopic (exact) mass is 273 g/mol. The van der Waals surface area contributed by atoms with Crippen LogP contribution in [0.4, 0.5) is 5.95 Å². The van der Waals surface area contributed by atoms with Crippen molar-refractivity contribution in [3.8, 4) is 0 Å². The van der Waals surface area contributed by atoms with Crippen molar-refractivity contribution in [2.24, 2.45) is 12.0 Å². The predicted octanol–water partition coefficient (Wildman–Crippen LogP) is 0.248. The highest BCUT2D eigenvalue weighted by molar-refractivity contribution is 5.68. The molecule has 0 saturated carbocycles. The summed E-state index contributed by atoms with van der Waals surface area (Å²) in [6, 6.07) is 4.45. The van der Waals surface area contributed by atoms with Gasteiger partial charge in [0.2, 0.25) is 5.95 Å². The van der Waals surface area contributed by atoms with Crippen molar-refractivity contribution in [2.75, 3.05) is 0 Å². The molecule has 0 spiro atoms. The third-order valence-electron chi connectivity index (χ3n) is 3.43. The number of rotatable bonds is 3. The lowest BCUT2D eigenvalue weighted by Crippen LogP contribution is -2.41. The number of aromatic nitrogens is 4. The number of hydrogen-bond acceptors (Lipinski definition) is 5. The van der Waals surface area contributed by atoms with Crippen molar-refractivity contribution in [1.29, 1.82) is 0 Å². The van der Waals surface area contributed by atoms with Crippen LogP contribution in [-0.4, -0.2) is 31.9 Å². The molecule has 20 heavy (non-hydrogen) atoms. The van der Waals surface area contributed by atoms with Gasteiger partial charge >= 0.3 is 0 Å². The van der Waals surface area contributed by atoms with E-state index in [1.54, 1.807) is 0 Å². The van der Waals surface area contributed by atoms with Gasteiger partial charge in [0.15, 0.2) is 11.9 Å². The topological polar surface area (TPSA) is 90.1 Å². The molecule has 2 aromatic rings. The first-order valence-electron chi connectivity index (χ1n) is 6.17. The Balaban J connectivity index is 1.99. The maximum absolute atomic E-state index is 11.2. The van der Waals surface area contributed by atoms with E-state index in [2.05, 4.69) is 15.1 Å². The molecule has 2 atom stereocenters. The minimum absolute atomic E-state index is 0.332. The van der Waals surface area contributed by atoms with Crippen molar-refractivity contribution in [2.45, 2.75) is 18.5 Å². The zero-order valence-electron chi connectivity index (χ0n) is 10.8. The molecule has 0 N–H and O–H groups in total. The fourth-order valence-electron chi connectivity index (χ4n) is 2.34. The first-order valence-corrected chi connectivity index (χ1v) is 6.17. The van der Waals surface area contributed by atoms with Crippen molar-refractivity contribution in [3.63, 3.8) is 0 Å². The Labute approximate surface area is 114 Å². The molecule has 0 saturated heterocycles. The number of aryl methyl sites for hydroxylation is 1. The van der Waals surface area contributed by atoms with Gasteiger partial charge in [-0.25, -0.2) is 14.2 Å². The Morgan fingerprint density at radius 1 is 1.50 bits per heavy atom. The lowest BCUT2D eigenvalue weighted by Gasteiger charge is -2.21. The van der Waals surface area contributed by atoms with Crippen molar-refractivity contribution >= 4 is 12.2 Å². The van der Waals surface area contributed by atoms with Gasteiger partial charge < -0.3 is 0 Å². The quantitative estimate of drug-likeness (QED) is 0.455. The van der Waals surface area contributed by atoms with Gasteiger partial charge in [-0.1, -0.05) is 6.07 Å². The van der Waals surface area contributed by atoms with Gasteiger partial charge in [-0.05, 0) is 0 Å². The van der Waals surface area contributed by atoms with Crippen LogP contribution in [0.2, 0.25) is 0 Å². The smallest absolute Gasteiger partial charge is 0.264 e. The SMILES string of the molecule is C[n+]1ccccc1CC1C([N+](=O)[O-])C=Nc2ncnn21. The Morgan fingerprint density at radius 3 is 3.10 bits per heavy atom. The van der Waals surface area contributed by atoms with E-state index < -0.39 is 12.1 Å². The van der Waals surface area contributed by atoms with Crippen LogP contribution < -0.4 is 4.57 Å². The summed E-state index contributed by atoms with van der Waals surface area (Å²) in [6.45, 7) is 0. The zero-order valence-corrected chi connectivity index (χ0v) is 10.8. The number of fused-ring (bicyclic) bond motifs is 1. The Morgan fingerprint density at radius 2 is 2.35 bits per heavy atom. The molecule has 0 aromatic carbocycles. The molecular weight excluding hydrogens is 260 g/mol. The molecule has 0 radical (unpaired) electrons. The van der Waals surface area contributed by atoms with Gasteiger partial charge in [0.25, 0.3) is 6.04 Å². The summed E-state index contributed by atoms with van der Waals surface area (Å²) in [5.41, 5.74) is 0.987. The maximum Gasteiger partial charge on any atom is 0.270 e. The highest BCUT2D eigenvalue weighted by Crippen LogP contribution is 2.25. The second-order valence-electron chi connectivity index (χ2n) is 4.63. The average molecular weight is 273 g/mol. The van der Waals surface area contributed by atoms with E-state index >= 15 is 0 Å². The van der Waals surface area contributed by atoms with E-state index in [4.69, 9.17) is 0 Å². The molecule has 1 aliphatic heterocycles. The lowest BCUT2D eigenvalue weighted by atomic mass is 10.0. The third-order valence-corrected chi connectivity index (χ3v) is 3.43. The fourth-order valence-corrected chi connectivity index (χ4v) is 2.34. The summed E-state index contributed by atoms with van der Waals surface area (Å²) >= 11 is 0. The summed E-state index contributed by atoms with van der Waals surface area (Å²) in [6.07, 6.45) is 5.12. The van der Waals surface area contributed by atoms with Gasteiger partial charge in [-0.2, -0.15) is 10.1 Å².